The lowest BCUT2D eigenvalue weighted by Gasteiger charge is -2.08. The maximum absolute atomic E-state index is 11.9. The zero-order chi connectivity index (χ0) is 17.9. The van der Waals surface area contributed by atoms with E-state index in [1.54, 1.807) is 29.2 Å². The quantitative estimate of drug-likeness (QED) is 0.735. The summed E-state index contributed by atoms with van der Waals surface area (Å²) < 4.78 is 28.1. The van der Waals surface area contributed by atoms with Gasteiger partial charge in [-0.3, -0.25) is 14.4 Å². The number of rotatable bonds is 6. The van der Waals surface area contributed by atoms with E-state index in [-0.39, 0.29) is 5.75 Å². The molecule has 1 N–H and O–H groups in total. The SMILES string of the molecule is CCCS(=O)(=O)Nc1ccc(-c2cn(C)nc2-c2ccncc2)cc1. The lowest BCUT2D eigenvalue weighted by Crippen LogP contribution is -2.15. The van der Waals surface area contributed by atoms with Crippen LogP contribution in [0.3, 0.4) is 0 Å². The van der Waals surface area contributed by atoms with Gasteiger partial charge in [-0.15, -0.1) is 0 Å². The molecule has 0 radical (unpaired) electrons. The number of nitrogens with one attached hydrogen (secondary N) is 1. The van der Waals surface area contributed by atoms with E-state index in [4.69, 9.17) is 0 Å². The van der Waals surface area contributed by atoms with Crippen LogP contribution in [0.15, 0.2) is 55.0 Å². The van der Waals surface area contributed by atoms with Crippen molar-refractivity contribution in [2.24, 2.45) is 7.05 Å². The largest absolute Gasteiger partial charge is 0.284 e. The number of pyridine rings is 1. The van der Waals surface area contributed by atoms with Crippen molar-refractivity contribution in [1.29, 1.82) is 0 Å². The first-order valence-electron chi connectivity index (χ1n) is 8.03. The third-order valence-corrected chi connectivity index (χ3v) is 5.22. The molecular weight excluding hydrogens is 336 g/mol. The van der Waals surface area contributed by atoms with Gasteiger partial charge in [-0.05, 0) is 36.2 Å². The summed E-state index contributed by atoms with van der Waals surface area (Å²) in [5, 5.41) is 4.54. The molecule has 0 fully saturated rings. The maximum Gasteiger partial charge on any atom is 0.232 e. The Morgan fingerprint density at radius 2 is 1.72 bits per heavy atom. The van der Waals surface area contributed by atoms with Gasteiger partial charge in [0.1, 0.15) is 5.69 Å². The molecule has 0 aliphatic carbocycles. The van der Waals surface area contributed by atoms with Gasteiger partial charge in [0.2, 0.25) is 10.0 Å². The average Bonchev–Trinajstić information content (AvgIpc) is 2.98. The number of hydrogen-bond acceptors (Lipinski definition) is 4. The van der Waals surface area contributed by atoms with Crippen molar-refractivity contribution in [3.8, 4) is 22.4 Å². The van der Waals surface area contributed by atoms with Crippen LogP contribution in [-0.4, -0.2) is 28.9 Å². The van der Waals surface area contributed by atoms with Gasteiger partial charge in [0, 0.05) is 42.5 Å². The molecule has 7 heteroatoms. The summed E-state index contributed by atoms with van der Waals surface area (Å²) in [6.07, 6.45) is 6.00. The van der Waals surface area contributed by atoms with E-state index >= 15 is 0 Å². The van der Waals surface area contributed by atoms with Crippen LogP contribution in [0.25, 0.3) is 22.4 Å². The van der Waals surface area contributed by atoms with Gasteiger partial charge < -0.3 is 0 Å². The highest BCUT2D eigenvalue weighted by atomic mass is 32.2. The monoisotopic (exact) mass is 356 g/mol. The molecule has 2 aromatic heterocycles. The van der Waals surface area contributed by atoms with E-state index in [1.165, 1.54) is 0 Å². The van der Waals surface area contributed by atoms with Gasteiger partial charge in [-0.2, -0.15) is 5.10 Å². The first-order chi connectivity index (χ1) is 12.0. The fraction of sp³-hybridized carbons (Fsp3) is 0.222. The van der Waals surface area contributed by atoms with E-state index in [1.807, 2.05) is 44.4 Å². The van der Waals surface area contributed by atoms with Gasteiger partial charge in [-0.1, -0.05) is 19.1 Å². The summed E-state index contributed by atoms with van der Waals surface area (Å²) in [7, 11) is -1.41. The van der Waals surface area contributed by atoms with Gasteiger partial charge in [0.25, 0.3) is 0 Å². The highest BCUT2D eigenvalue weighted by Crippen LogP contribution is 2.31. The Labute approximate surface area is 147 Å². The van der Waals surface area contributed by atoms with Crippen LogP contribution >= 0.6 is 0 Å². The van der Waals surface area contributed by atoms with Crippen LogP contribution in [-0.2, 0) is 17.1 Å². The predicted octanol–water partition coefficient (Wildman–Crippen LogP) is 3.30. The Kier molecular flexibility index (Phi) is 4.85. The fourth-order valence-corrected chi connectivity index (χ4v) is 3.77. The number of hydrogen-bond donors (Lipinski definition) is 1. The van der Waals surface area contributed by atoms with Crippen molar-refractivity contribution in [1.82, 2.24) is 14.8 Å². The Balaban J connectivity index is 1.91. The zero-order valence-electron chi connectivity index (χ0n) is 14.2. The molecule has 2 heterocycles. The molecule has 0 saturated heterocycles. The molecule has 0 atom stereocenters. The van der Waals surface area contributed by atoms with Gasteiger partial charge >= 0.3 is 0 Å². The number of benzene rings is 1. The molecule has 0 aliphatic rings. The van der Waals surface area contributed by atoms with Crippen molar-refractivity contribution in [2.75, 3.05) is 10.5 Å². The van der Waals surface area contributed by atoms with Crippen LogP contribution in [0.5, 0.6) is 0 Å². The topological polar surface area (TPSA) is 76.9 Å². The minimum absolute atomic E-state index is 0.115. The highest BCUT2D eigenvalue weighted by molar-refractivity contribution is 7.92. The van der Waals surface area contributed by atoms with Crippen molar-refractivity contribution < 1.29 is 8.42 Å². The van der Waals surface area contributed by atoms with E-state index < -0.39 is 10.0 Å². The molecule has 0 unspecified atom stereocenters. The first-order valence-corrected chi connectivity index (χ1v) is 9.68. The molecule has 0 aliphatic heterocycles. The molecule has 0 saturated carbocycles. The van der Waals surface area contributed by atoms with Crippen LogP contribution in [0.1, 0.15) is 13.3 Å². The summed E-state index contributed by atoms with van der Waals surface area (Å²) in [4.78, 5) is 4.04. The lowest BCUT2D eigenvalue weighted by molar-refractivity contribution is 0.600. The van der Waals surface area contributed by atoms with Crippen molar-refractivity contribution in [3.05, 3.63) is 55.0 Å². The molecular formula is C18H20N4O2S. The third kappa shape index (κ3) is 4.06. The van der Waals surface area contributed by atoms with Crippen molar-refractivity contribution >= 4 is 15.7 Å². The van der Waals surface area contributed by atoms with E-state index in [0.717, 1.165) is 22.4 Å². The second-order valence-corrected chi connectivity index (χ2v) is 7.64. The maximum atomic E-state index is 11.9. The molecule has 6 nitrogen and oxygen atoms in total. The minimum Gasteiger partial charge on any atom is -0.284 e. The number of sulfonamides is 1. The second kappa shape index (κ2) is 7.06. The van der Waals surface area contributed by atoms with Crippen LogP contribution in [0, 0.1) is 0 Å². The van der Waals surface area contributed by atoms with Crippen LogP contribution in [0.4, 0.5) is 5.69 Å². The third-order valence-electron chi connectivity index (χ3n) is 3.72. The van der Waals surface area contributed by atoms with Crippen LogP contribution < -0.4 is 4.72 Å². The van der Waals surface area contributed by atoms with Gasteiger partial charge in [-0.25, -0.2) is 8.42 Å². The molecule has 3 rings (SSSR count). The van der Waals surface area contributed by atoms with E-state index in [2.05, 4.69) is 14.8 Å². The number of aryl methyl sites for hydroxylation is 1. The van der Waals surface area contributed by atoms with Crippen LogP contribution in [0.2, 0.25) is 0 Å². The lowest BCUT2D eigenvalue weighted by atomic mass is 10.0. The smallest absolute Gasteiger partial charge is 0.232 e. The molecule has 0 bridgehead atoms. The molecule has 3 aromatic rings. The van der Waals surface area contributed by atoms with Gasteiger partial charge in [0.15, 0.2) is 0 Å². The Hall–Kier alpha value is -2.67. The normalized spacial score (nSPS) is 11.4. The van der Waals surface area contributed by atoms with Crippen molar-refractivity contribution in [2.45, 2.75) is 13.3 Å². The Morgan fingerprint density at radius 3 is 2.36 bits per heavy atom. The van der Waals surface area contributed by atoms with Gasteiger partial charge in [0.05, 0.1) is 5.75 Å². The Bertz CT molecular complexity index is 949. The molecule has 0 spiro atoms. The predicted molar refractivity (Wildman–Crippen MR) is 99.6 cm³/mol. The Morgan fingerprint density at radius 1 is 1.04 bits per heavy atom. The molecule has 130 valence electrons. The standard InChI is InChI=1S/C18H20N4O2S/c1-3-12-25(23,24)21-16-6-4-14(5-7-16)17-13-22(2)20-18(17)15-8-10-19-11-9-15/h4-11,13,21H,3,12H2,1-2H3. The zero-order valence-corrected chi connectivity index (χ0v) is 15.0. The first kappa shape index (κ1) is 17.2. The van der Waals surface area contributed by atoms with E-state index in [0.29, 0.717) is 12.1 Å². The average molecular weight is 356 g/mol. The number of anilines is 1. The second-order valence-electron chi connectivity index (χ2n) is 5.80. The molecule has 0 amide bonds. The summed E-state index contributed by atoms with van der Waals surface area (Å²) in [6.45, 7) is 1.84. The number of aromatic nitrogens is 3. The van der Waals surface area contributed by atoms with E-state index in [9.17, 15) is 8.42 Å². The molecule has 1 aromatic carbocycles. The summed E-state index contributed by atoms with van der Waals surface area (Å²) in [6, 6.07) is 11.2. The summed E-state index contributed by atoms with van der Waals surface area (Å²) >= 11 is 0. The summed E-state index contributed by atoms with van der Waals surface area (Å²) in [5.74, 6) is 0.115. The minimum atomic E-state index is -3.28. The highest BCUT2D eigenvalue weighted by Gasteiger charge is 2.13. The summed E-state index contributed by atoms with van der Waals surface area (Å²) in [5.41, 5.74) is 4.36. The van der Waals surface area contributed by atoms with Crippen molar-refractivity contribution in [3.63, 3.8) is 0 Å². The molecule has 25 heavy (non-hydrogen) atoms. The number of nitrogens with zero attached hydrogens (tertiary/aromatic N) is 3. The fourth-order valence-electron chi connectivity index (χ4n) is 2.64.